The van der Waals surface area contributed by atoms with Gasteiger partial charge in [0.15, 0.2) is 5.54 Å². The molecule has 70 valence electrons. The van der Waals surface area contributed by atoms with Crippen molar-refractivity contribution < 1.29 is 0 Å². The molecule has 0 aliphatic heterocycles. The van der Waals surface area contributed by atoms with Gasteiger partial charge in [-0.15, -0.1) is 0 Å². The minimum atomic E-state index is -0.713. The van der Waals surface area contributed by atoms with Gasteiger partial charge in [0.1, 0.15) is 0 Å². The van der Waals surface area contributed by atoms with Gasteiger partial charge in [0.05, 0.1) is 18.7 Å². The van der Waals surface area contributed by atoms with Crippen LogP contribution in [0.3, 0.4) is 0 Å². The van der Waals surface area contributed by atoms with Crippen LogP contribution in [0.25, 0.3) is 0 Å². The summed E-state index contributed by atoms with van der Waals surface area (Å²) in [5, 5.41) is 24.6. The molecule has 0 aliphatic rings. The zero-order chi connectivity index (χ0) is 10.2. The van der Waals surface area contributed by atoms with Crippen molar-refractivity contribution in [2.75, 3.05) is 6.54 Å². The molecule has 0 saturated heterocycles. The van der Waals surface area contributed by atoms with Crippen LogP contribution >= 0.6 is 0 Å². The number of rotatable bonds is 5. The molecule has 13 heavy (non-hydrogen) atoms. The first-order valence-electron chi connectivity index (χ1n) is 4.29. The van der Waals surface area contributed by atoms with E-state index in [0.29, 0.717) is 13.0 Å². The SMILES string of the molecule is CC(C)(C#N)N=NCCCCC#N. The molecule has 0 aliphatic carbocycles. The third-order valence-electron chi connectivity index (χ3n) is 1.39. The fourth-order valence-electron chi connectivity index (χ4n) is 0.636. The Balaban J connectivity index is 3.55. The summed E-state index contributed by atoms with van der Waals surface area (Å²) in [4.78, 5) is 0. The molecule has 0 saturated carbocycles. The van der Waals surface area contributed by atoms with Gasteiger partial charge in [0, 0.05) is 6.42 Å². The van der Waals surface area contributed by atoms with E-state index in [4.69, 9.17) is 10.5 Å². The van der Waals surface area contributed by atoms with Gasteiger partial charge in [-0.05, 0) is 26.7 Å². The molecule has 4 heteroatoms. The number of hydrogen-bond donors (Lipinski definition) is 0. The van der Waals surface area contributed by atoms with Crippen molar-refractivity contribution in [2.45, 2.75) is 38.6 Å². The summed E-state index contributed by atoms with van der Waals surface area (Å²) in [7, 11) is 0. The molecular formula is C9H14N4. The predicted molar refractivity (Wildman–Crippen MR) is 48.9 cm³/mol. The number of nitriles is 2. The van der Waals surface area contributed by atoms with E-state index >= 15 is 0 Å². The molecule has 0 aromatic carbocycles. The standard InChI is InChI=1S/C9H14N4/c1-9(2,8-11)13-12-7-5-3-4-6-10/h3-5,7H2,1-2H3. The van der Waals surface area contributed by atoms with E-state index in [1.807, 2.05) is 6.07 Å². The molecule has 0 atom stereocenters. The Hall–Kier alpha value is -1.42. The van der Waals surface area contributed by atoms with Gasteiger partial charge in [-0.3, -0.25) is 0 Å². The average molecular weight is 178 g/mol. The molecule has 0 rings (SSSR count). The van der Waals surface area contributed by atoms with Crippen LogP contribution in [0.4, 0.5) is 0 Å². The molecule has 0 spiro atoms. The van der Waals surface area contributed by atoms with Gasteiger partial charge in [-0.2, -0.15) is 20.8 Å². The Bertz CT molecular complexity index is 241. The second-order valence-corrected chi connectivity index (χ2v) is 3.25. The van der Waals surface area contributed by atoms with Gasteiger partial charge >= 0.3 is 0 Å². The second kappa shape index (κ2) is 6.14. The molecule has 0 heterocycles. The van der Waals surface area contributed by atoms with E-state index in [0.717, 1.165) is 12.8 Å². The maximum Gasteiger partial charge on any atom is 0.161 e. The Morgan fingerprint density at radius 3 is 2.46 bits per heavy atom. The van der Waals surface area contributed by atoms with Crippen molar-refractivity contribution in [1.82, 2.24) is 0 Å². The number of nitrogens with zero attached hydrogens (tertiary/aromatic N) is 4. The van der Waals surface area contributed by atoms with E-state index in [-0.39, 0.29) is 0 Å². The molecule has 0 bridgehead atoms. The highest BCUT2D eigenvalue weighted by Crippen LogP contribution is 2.07. The Morgan fingerprint density at radius 2 is 1.92 bits per heavy atom. The minimum Gasteiger partial charge on any atom is -0.198 e. The van der Waals surface area contributed by atoms with Crippen LogP contribution in [0.5, 0.6) is 0 Å². The van der Waals surface area contributed by atoms with E-state index in [1.165, 1.54) is 0 Å². The summed E-state index contributed by atoms with van der Waals surface area (Å²) in [6.45, 7) is 4.03. The van der Waals surface area contributed by atoms with Gasteiger partial charge in [0.2, 0.25) is 0 Å². The van der Waals surface area contributed by atoms with Crippen molar-refractivity contribution in [1.29, 1.82) is 10.5 Å². The van der Waals surface area contributed by atoms with Gasteiger partial charge in [-0.25, -0.2) is 0 Å². The number of unbranched alkanes of at least 4 members (excludes halogenated alkanes) is 2. The van der Waals surface area contributed by atoms with Gasteiger partial charge in [-0.1, -0.05) is 0 Å². The first-order valence-corrected chi connectivity index (χ1v) is 4.29. The van der Waals surface area contributed by atoms with E-state index in [2.05, 4.69) is 16.3 Å². The highest BCUT2D eigenvalue weighted by molar-refractivity contribution is 4.98. The van der Waals surface area contributed by atoms with Crippen molar-refractivity contribution in [3.05, 3.63) is 0 Å². The van der Waals surface area contributed by atoms with Gasteiger partial charge < -0.3 is 0 Å². The molecule has 0 N–H and O–H groups in total. The maximum atomic E-state index is 8.59. The Labute approximate surface area is 78.9 Å². The average Bonchev–Trinajstić information content (AvgIpc) is 2.11. The second-order valence-electron chi connectivity index (χ2n) is 3.25. The molecule has 4 nitrogen and oxygen atoms in total. The molecule has 0 amide bonds. The van der Waals surface area contributed by atoms with Crippen LogP contribution < -0.4 is 0 Å². The Kier molecular flexibility index (Phi) is 5.47. The summed E-state index contributed by atoms with van der Waals surface area (Å²) in [5.41, 5.74) is -0.713. The third-order valence-corrected chi connectivity index (χ3v) is 1.39. The number of hydrogen-bond acceptors (Lipinski definition) is 4. The lowest BCUT2D eigenvalue weighted by Gasteiger charge is -2.04. The fourth-order valence-corrected chi connectivity index (χ4v) is 0.636. The van der Waals surface area contributed by atoms with Crippen molar-refractivity contribution >= 4 is 0 Å². The Morgan fingerprint density at radius 1 is 1.23 bits per heavy atom. The van der Waals surface area contributed by atoms with E-state index in [1.54, 1.807) is 13.8 Å². The quantitative estimate of drug-likeness (QED) is 0.479. The molecule has 0 radical (unpaired) electrons. The van der Waals surface area contributed by atoms with E-state index < -0.39 is 5.54 Å². The summed E-state index contributed by atoms with van der Waals surface area (Å²) in [5.74, 6) is 0. The molecular weight excluding hydrogens is 164 g/mol. The predicted octanol–water partition coefficient (Wildman–Crippen LogP) is 2.43. The van der Waals surface area contributed by atoms with Crippen molar-refractivity contribution in [3.8, 4) is 12.1 Å². The first kappa shape index (κ1) is 11.6. The normalized spacial score (nSPS) is 11.1. The lowest BCUT2D eigenvalue weighted by Crippen LogP contribution is -2.11. The van der Waals surface area contributed by atoms with Gasteiger partial charge in [0.25, 0.3) is 0 Å². The zero-order valence-corrected chi connectivity index (χ0v) is 8.12. The van der Waals surface area contributed by atoms with Crippen LogP contribution in [-0.4, -0.2) is 12.1 Å². The highest BCUT2D eigenvalue weighted by atomic mass is 15.1. The van der Waals surface area contributed by atoms with Crippen LogP contribution in [0.15, 0.2) is 10.2 Å². The summed E-state index contributed by atoms with van der Waals surface area (Å²) >= 11 is 0. The summed E-state index contributed by atoms with van der Waals surface area (Å²) < 4.78 is 0. The monoisotopic (exact) mass is 178 g/mol. The third kappa shape index (κ3) is 6.96. The van der Waals surface area contributed by atoms with Crippen molar-refractivity contribution in [2.24, 2.45) is 10.2 Å². The van der Waals surface area contributed by atoms with Crippen molar-refractivity contribution in [3.63, 3.8) is 0 Å². The summed E-state index contributed by atoms with van der Waals surface area (Å²) in [6.07, 6.45) is 2.28. The van der Waals surface area contributed by atoms with Crippen LogP contribution in [-0.2, 0) is 0 Å². The van der Waals surface area contributed by atoms with Crippen LogP contribution in [0, 0.1) is 22.7 Å². The molecule has 0 aromatic heterocycles. The maximum absolute atomic E-state index is 8.59. The largest absolute Gasteiger partial charge is 0.198 e. The zero-order valence-electron chi connectivity index (χ0n) is 8.12. The highest BCUT2D eigenvalue weighted by Gasteiger charge is 2.13. The number of azo groups is 1. The minimum absolute atomic E-state index is 0.567. The molecule has 0 aromatic rings. The summed E-state index contributed by atoms with van der Waals surface area (Å²) in [6, 6.07) is 4.09. The molecule has 0 fully saturated rings. The smallest absolute Gasteiger partial charge is 0.161 e. The molecule has 0 unspecified atom stereocenters. The lowest BCUT2D eigenvalue weighted by molar-refractivity contribution is 0.602. The van der Waals surface area contributed by atoms with Crippen LogP contribution in [0.1, 0.15) is 33.1 Å². The topological polar surface area (TPSA) is 72.3 Å². The first-order chi connectivity index (χ1) is 6.12. The van der Waals surface area contributed by atoms with E-state index in [9.17, 15) is 0 Å². The fraction of sp³-hybridized carbons (Fsp3) is 0.778. The van der Waals surface area contributed by atoms with Crippen LogP contribution in [0.2, 0.25) is 0 Å². The lowest BCUT2D eigenvalue weighted by atomic mass is 10.1.